The van der Waals surface area contributed by atoms with Gasteiger partial charge in [-0.3, -0.25) is 4.98 Å². The molecule has 0 atom stereocenters. The summed E-state index contributed by atoms with van der Waals surface area (Å²) in [7, 11) is 0. The zero-order valence-electron chi connectivity index (χ0n) is 14.3. The minimum atomic E-state index is -6.43. The summed E-state index contributed by atoms with van der Waals surface area (Å²) >= 11 is 5.66. The third-order valence-corrected chi connectivity index (χ3v) is 3.68. The quantitative estimate of drug-likeness (QED) is 0.260. The SMILES string of the molecule is [O-]/C(=N\[n+]1ccncc1)c1cnc(OCC(F)(F)C(F)(F)C(F)(F)C(F)F)c(Cl)c1. The van der Waals surface area contributed by atoms with E-state index in [2.05, 4.69) is 19.8 Å². The molecule has 0 unspecified atom stereocenters. The largest absolute Gasteiger partial charge is 0.854 e. The highest BCUT2D eigenvalue weighted by molar-refractivity contribution is 6.32. The van der Waals surface area contributed by atoms with Crippen molar-refractivity contribution >= 4 is 17.5 Å². The first-order valence-corrected chi connectivity index (χ1v) is 7.95. The normalized spacial score (nSPS) is 13.6. The summed E-state index contributed by atoms with van der Waals surface area (Å²) in [6.45, 7) is -2.44. The van der Waals surface area contributed by atoms with Gasteiger partial charge in [-0.05, 0) is 11.2 Å². The van der Waals surface area contributed by atoms with Crippen LogP contribution in [0.1, 0.15) is 5.56 Å². The average molecular weight is 465 g/mol. The first-order chi connectivity index (χ1) is 13.8. The molecule has 6 nitrogen and oxygen atoms in total. The first-order valence-electron chi connectivity index (χ1n) is 7.57. The number of aromatic nitrogens is 3. The van der Waals surface area contributed by atoms with Gasteiger partial charge in [-0.1, -0.05) is 16.3 Å². The first kappa shape index (κ1) is 23.5. The highest BCUT2D eigenvalue weighted by Gasteiger charge is 2.75. The lowest BCUT2D eigenvalue weighted by atomic mass is 10.1. The summed E-state index contributed by atoms with van der Waals surface area (Å²) in [6.07, 6.45) is 0.925. The number of hydrogen-bond acceptors (Lipinski definition) is 5. The Kier molecular flexibility index (Phi) is 6.69. The lowest BCUT2D eigenvalue weighted by Crippen LogP contribution is -2.59. The molecular weight excluding hydrogens is 456 g/mol. The number of pyridine rings is 1. The van der Waals surface area contributed by atoms with E-state index in [4.69, 9.17) is 11.6 Å². The third kappa shape index (κ3) is 4.68. The molecule has 0 aliphatic heterocycles. The summed E-state index contributed by atoms with van der Waals surface area (Å²) < 4.78 is 108. The number of rotatable bonds is 8. The minimum absolute atomic E-state index is 0.266. The molecule has 0 N–H and O–H groups in total. The lowest BCUT2D eigenvalue weighted by molar-refractivity contribution is -0.682. The van der Waals surface area contributed by atoms with E-state index in [1.807, 2.05) is 0 Å². The Bertz CT molecular complexity index is 915. The molecule has 15 heteroatoms. The van der Waals surface area contributed by atoms with Gasteiger partial charge < -0.3 is 9.84 Å². The van der Waals surface area contributed by atoms with Crippen LogP contribution >= 0.6 is 11.6 Å². The topological polar surface area (TPSA) is 74.3 Å². The Morgan fingerprint density at radius 3 is 2.30 bits per heavy atom. The molecule has 0 aliphatic rings. The molecule has 30 heavy (non-hydrogen) atoms. The predicted octanol–water partition coefficient (Wildman–Crippen LogP) is 2.54. The molecule has 0 saturated carbocycles. The zero-order chi connectivity index (χ0) is 22.7. The van der Waals surface area contributed by atoms with Crippen LogP contribution in [-0.2, 0) is 0 Å². The van der Waals surface area contributed by atoms with Gasteiger partial charge in [0.25, 0.3) is 0 Å². The van der Waals surface area contributed by atoms with E-state index in [-0.39, 0.29) is 5.56 Å². The van der Waals surface area contributed by atoms with Gasteiger partial charge in [0, 0.05) is 11.8 Å². The van der Waals surface area contributed by atoms with Gasteiger partial charge in [0.05, 0.1) is 18.3 Å². The molecule has 0 bridgehead atoms. The monoisotopic (exact) mass is 464 g/mol. The summed E-state index contributed by atoms with van der Waals surface area (Å²) in [5.41, 5.74) is -0.266. The Hall–Kier alpha value is -2.77. The van der Waals surface area contributed by atoms with E-state index in [0.717, 1.165) is 16.9 Å². The van der Waals surface area contributed by atoms with Crippen LogP contribution in [0.4, 0.5) is 35.1 Å². The summed E-state index contributed by atoms with van der Waals surface area (Å²) in [5.74, 6) is -20.3. The second kappa shape index (κ2) is 8.53. The van der Waals surface area contributed by atoms with Gasteiger partial charge in [0.1, 0.15) is 5.02 Å². The number of alkyl halides is 8. The van der Waals surface area contributed by atoms with Crippen LogP contribution in [0, 0.1) is 0 Å². The van der Waals surface area contributed by atoms with Crippen molar-refractivity contribution in [2.45, 2.75) is 24.2 Å². The van der Waals surface area contributed by atoms with Crippen LogP contribution in [0.5, 0.6) is 5.88 Å². The molecule has 0 fully saturated rings. The molecule has 2 aromatic heterocycles. The molecule has 0 spiro atoms. The molecule has 0 radical (unpaired) electrons. The van der Waals surface area contributed by atoms with Crippen molar-refractivity contribution in [1.82, 2.24) is 9.97 Å². The molecular formula is C15H9ClF8N4O2. The highest BCUT2D eigenvalue weighted by atomic mass is 35.5. The molecule has 0 amide bonds. The second-order valence-corrected chi connectivity index (χ2v) is 5.94. The molecule has 0 aliphatic carbocycles. The van der Waals surface area contributed by atoms with Crippen molar-refractivity contribution in [2.75, 3.05) is 6.61 Å². The van der Waals surface area contributed by atoms with E-state index in [1.54, 1.807) is 0 Å². The Morgan fingerprint density at radius 1 is 1.17 bits per heavy atom. The van der Waals surface area contributed by atoms with Crippen molar-refractivity contribution in [3.63, 3.8) is 0 Å². The predicted molar refractivity (Wildman–Crippen MR) is 82.0 cm³/mol. The maximum atomic E-state index is 13.5. The van der Waals surface area contributed by atoms with E-state index in [0.29, 0.717) is 0 Å². The van der Waals surface area contributed by atoms with Crippen molar-refractivity contribution in [2.24, 2.45) is 5.10 Å². The molecule has 0 aromatic carbocycles. The number of nitrogens with zero attached hydrogens (tertiary/aromatic N) is 4. The van der Waals surface area contributed by atoms with Gasteiger partial charge in [0.15, 0.2) is 6.61 Å². The van der Waals surface area contributed by atoms with E-state index in [1.165, 1.54) is 24.8 Å². The summed E-state index contributed by atoms with van der Waals surface area (Å²) in [4.78, 5) is 7.04. The molecule has 164 valence electrons. The Labute approximate surface area is 167 Å². The maximum absolute atomic E-state index is 13.5. The van der Waals surface area contributed by atoms with Gasteiger partial charge in [-0.25, -0.2) is 13.8 Å². The fraction of sp³-hybridized carbons (Fsp3) is 0.333. The summed E-state index contributed by atoms with van der Waals surface area (Å²) in [5, 5.41) is 14.9. The molecule has 0 saturated heterocycles. The van der Waals surface area contributed by atoms with Gasteiger partial charge in [0.2, 0.25) is 18.3 Å². The van der Waals surface area contributed by atoms with Gasteiger partial charge >= 0.3 is 24.2 Å². The van der Waals surface area contributed by atoms with Crippen molar-refractivity contribution in [1.29, 1.82) is 0 Å². The van der Waals surface area contributed by atoms with Gasteiger partial charge in [-0.2, -0.15) is 26.3 Å². The fourth-order valence-corrected chi connectivity index (χ4v) is 2.04. The van der Waals surface area contributed by atoms with Crippen LogP contribution in [0.25, 0.3) is 0 Å². The molecule has 2 heterocycles. The summed E-state index contributed by atoms with van der Waals surface area (Å²) in [6, 6.07) is 0.835. The maximum Gasteiger partial charge on any atom is 0.381 e. The zero-order valence-corrected chi connectivity index (χ0v) is 15.0. The highest BCUT2D eigenvalue weighted by Crippen LogP contribution is 2.48. The van der Waals surface area contributed by atoms with Crippen molar-refractivity contribution in [3.05, 3.63) is 47.6 Å². The number of ether oxygens (including phenoxy) is 1. The minimum Gasteiger partial charge on any atom is -0.854 e. The Morgan fingerprint density at radius 2 is 1.77 bits per heavy atom. The van der Waals surface area contributed by atoms with Crippen LogP contribution in [-0.4, -0.2) is 46.7 Å². The van der Waals surface area contributed by atoms with Gasteiger partial charge in [-0.15, -0.1) is 0 Å². The second-order valence-electron chi connectivity index (χ2n) is 5.53. The number of halogens is 9. The van der Waals surface area contributed by atoms with Crippen LogP contribution in [0.15, 0.2) is 42.2 Å². The number of hydrogen-bond donors (Lipinski definition) is 0. The third-order valence-electron chi connectivity index (χ3n) is 3.41. The Balaban J connectivity index is 2.17. The lowest BCUT2D eigenvalue weighted by Gasteiger charge is -2.31. The van der Waals surface area contributed by atoms with Crippen molar-refractivity contribution in [3.8, 4) is 5.88 Å². The van der Waals surface area contributed by atoms with E-state index in [9.17, 15) is 40.2 Å². The van der Waals surface area contributed by atoms with Crippen LogP contribution < -0.4 is 14.5 Å². The molecule has 2 rings (SSSR count). The smallest absolute Gasteiger partial charge is 0.381 e. The van der Waals surface area contributed by atoms with Crippen molar-refractivity contribution < 1.29 is 49.6 Å². The van der Waals surface area contributed by atoms with Crippen LogP contribution in [0.3, 0.4) is 0 Å². The fourth-order valence-electron chi connectivity index (χ4n) is 1.82. The average Bonchev–Trinajstić information content (AvgIpc) is 2.67. The van der Waals surface area contributed by atoms with Crippen LogP contribution in [0.2, 0.25) is 5.02 Å². The van der Waals surface area contributed by atoms with E-state index >= 15 is 0 Å². The van der Waals surface area contributed by atoms with E-state index < -0.39 is 47.6 Å². The molecule has 2 aromatic rings. The standard InChI is InChI=1S/C15H9ClF8N4O2/c16-9-5-8(10(29)27-28-3-1-25-2-4-28)6-26-11(9)30-7-13(19,20)15(23,24)14(21,22)12(17)18/h1-6,12H,7H2.